The number of hydrogen-bond acceptors (Lipinski definition) is 5. The zero-order valence-corrected chi connectivity index (χ0v) is 11.9. The van der Waals surface area contributed by atoms with Crippen LogP contribution in [0.2, 0.25) is 0 Å². The summed E-state index contributed by atoms with van der Waals surface area (Å²) in [5.74, 6) is 0.0267. The molecule has 0 bridgehead atoms. The van der Waals surface area contributed by atoms with Gasteiger partial charge in [0.05, 0.1) is 0 Å². The molecule has 0 fully saturated rings. The lowest BCUT2D eigenvalue weighted by Gasteiger charge is -2.02. The highest BCUT2D eigenvalue weighted by Crippen LogP contribution is 2.14. The van der Waals surface area contributed by atoms with Crippen LogP contribution in [0.3, 0.4) is 0 Å². The fourth-order valence-corrected chi connectivity index (χ4v) is 1.83. The zero-order chi connectivity index (χ0) is 16.1. The number of nitrogens with one attached hydrogen (secondary N) is 2. The number of imidazole rings is 2. The highest BCUT2D eigenvalue weighted by Gasteiger charge is 2.10. The summed E-state index contributed by atoms with van der Waals surface area (Å²) in [6, 6.07) is 6.74. The summed E-state index contributed by atoms with van der Waals surface area (Å²) in [5, 5.41) is 0. The molecule has 114 valence electrons. The minimum Gasteiger partial charge on any atom is -0.421 e. The summed E-state index contributed by atoms with van der Waals surface area (Å²) in [7, 11) is 0. The van der Waals surface area contributed by atoms with Crippen molar-refractivity contribution in [2.24, 2.45) is 0 Å². The van der Waals surface area contributed by atoms with Gasteiger partial charge in [-0.1, -0.05) is 18.2 Å². The third-order valence-electron chi connectivity index (χ3n) is 2.94. The number of carbonyl (C=O) groups excluding carboxylic acids is 2. The van der Waals surface area contributed by atoms with Crippen molar-refractivity contribution in [2.75, 3.05) is 0 Å². The van der Waals surface area contributed by atoms with E-state index < -0.39 is 5.97 Å². The van der Waals surface area contributed by atoms with Crippen LogP contribution in [0.4, 0.5) is 0 Å². The monoisotopic (exact) mass is 308 g/mol. The van der Waals surface area contributed by atoms with E-state index in [1.165, 1.54) is 18.5 Å². The standard InChI is InChI=1S/C16H12N4O3/c21-13(14-17-7-8-18-14)6-3-11-1-4-12(5-2-11)23-16(22)15-19-9-10-20-15/h1-10H,(H,17,18)(H,19,20). The number of aromatic amines is 2. The number of H-pyrrole nitrogens is 2. The summed E-state index contributed by atoms with van der Waals surface area (Å²) in [4.78, 5) is 36.6. The van der Waals surface area contributed by atoms with Crippen molar-refractivity contribution in [3.63, 3.8) is 0 Å². The highest BCUT2D eigenvalue weighted by atomic mass is 16.5. The molecular formula is C16H12N4O3. The Hall–Kier alpha value is -3.48. The Bertz CT molecular complexity index is 819. The number of rotatable bonds is 5. The average molecular weight is 308 g/mol. The van der Waals surface area contributed by atoms with E-state index >= 15 is 0 Å². The molecule has 2 N–H and O–H groups in total. The van der Waals surface area contributed by atoms with Gasteiger partial charge in [-0.05, 0) is 23.8 Å². The Morgan fingerprint density at radius 3 is 2.22 bits per heavy atom. The first kappa shape index (κ1) is 14.5. The van der Waals surface area contributed by atoms with Gasteiger partial charge in [-0.2, -0.15) is 0 Å². The van der Waals surface area contributed by atoms with Crippen LogP contribution in [-0.4, -0.2) is 31.7 Å². The molecule has 0 saturated heterocycles. The maximum absolute atomic E-state index is 11.8. The van der Waals surface area contributed by atoms with Crippen LogP contribution in [0.5, 0.6) is 5.75 Å². The van der Waals surface area contributed by atoms with E-state index in [0.29, 0.717) is 5.75 Å². The molecule has 2 aromatic heterocycles. The molecule has 7 nitrogen and oxygen atoms in total. The predicted octanol–water partition coefficient (Wildman–Crippen LogP) is 2.25. The quantitative estimate of drug-likeness (QED) is 0.326. The maximum atomic E-state index is 11.8. The lowest BCUT2D eigenvalue weighted by molar-refractivity contribution is 0.0723. The van der Waals surface area contributed by atoms with E-state index in [0.717, 1.165) is 5.56 Å². The topological polar surface area (TPSA) is 101 Å². The number of nitrogens with zero attached hydrogens (tertiary/aromatic N) is 2. The predicted molar refractivity (Wildman–Crippen MR) is 81.9 cm³/mol. The minimum absolute atomic E-state index is 0.137. The number of allylic oxidation sites excluding steroid dienone is 1. The van der Waals surface area contributed by atoms with Crippen molar-refractivity contribution in [3.8, 4) is 5.75 Å². The van der Waals surface area contributed by atoms with Gasteiger partial charge >= 0.3 is 5.97 Å². The molecule has 0 aliphatic heterocycles. The van der Waals surface area contributed by atoms with Crippen LogP contribution in [0.1, 0.15) is 26.8 Å². The molecule has 0 amide bonds. The summed E-state index contributed by atoms with van der Waals surface area (Å²) in [6.45, 7) is 0. The van der Waals surface area contributed by atoms with Crippen LogP contribution in [0, 0.1) is 0 Å². The number of ether oxygens (including phenoxy) is 1. The van der Waals surface area contributed by atoms with Crippen molar-refractivity contribution in [1.29, 1.82) is 0 Å². The maximum Gasteiger partial charge on any atom is 0.379 e. The first-order valence-electron chi connectivity index (χ1n) is 6.76. The molecule has 0 radical (unpaired) electrons. The van der Waals surface area contributed by atoms with Gasteiger partial charge < -0.3 is 14.7 Å². The molecule has 3 rings (SSSR count). The number of benzene rings is 1. The second kappa shape index (κ2) is 6.52. The third kappa shape index (κ3) is 3.59. The van der Waals surface area contributed by atoms with Gasteiger partial charge in [0.1, 0.15) is 5.75 Å². The lowest BCUT2D eigenvalue weighted by Crippen LogP contribution is -2.10. The van der Waals surface area contributed by atoms with Crippen LogP contribution in [0.25, 0.3) is 6.08 Å². The molecule has 2 heterocycles. The van der Waals surface area contributed by atoms with Crippen molar-refractivity contribution < 1.29 is 14.3 Å². The Labute approximate surface area is 131 Å². The second-order valence-corrected chi connectivity index (χ2v) is 4.53. The number of aromatic nitrogens is 4. The van der Waals surface area contributed by atoms with Gasteiger partial charge in [0.15, 0.2) is 5.82 Å². The molecule has 7 heteroatoms. The van der Waals surface area contributed by atoms with Crippen LogP contribution >= 0.6 is 0 Å². The first-order valence-corrected chi connectivity index (χ1v) is 6.76. The van der Waals surface area contributed by atoms with Crippen molar-refractivity contribution in [1.82, 2.24) is 19.9 Å². The Morgan fingerprint density at radius 1 is 0.957 bits per heavy atom. The Balaban J connectivity index is 1.63. The van der Waals surface area contributed by atoms with Crippen molar-refractivity contribution in [3.05, 3.63) is 72.3 Å². The highest BCUT2D eigenvalue weighted by molar-refractivity contribution is 6.04. The van der Waals surface area contributed by atoms with E-state index in [-0.39, 0.29) is 17.4 Å². The molecule has 1 aromatic carbocycles. The third-order valence-corrected chi connectivity index (χ3v) is 2.94. The number of carbonyl (C=O) groups is 2. The average Bonchev–Trinajstić information content (AvgIpc) is 3.27. The van der Waals surface area contributed by atoms with Crippen LogP contribution in [-0.2, 0) is 0 Å². The lowest BCUT2D eigenvalue weighted by atomic mass is 10.2. The van der Waals surface area contributed by atoms with Gasteiger partial charge in [-0.3, -0.25) is 4.79 Å². The normalized spacial score (nSPS) is 10.8. The van der Waals surface area contributed by atoms with Crippen molar-refractivity contribution >= 4 is 17.8 Å². The largest absolute Gasteiger partial charge is 0.421 e. The number of esters is 1. The van der Waals surface area contributed by atoms with Gasteiger partial charge in [0, 0.05) is 24.8 Å². The summed E-state index contributed by atoms with van der Waals surface area (Å²) >= 11 is 0. The molecule has 0 spiro atoms. The number of ketones is 1. The van der Waals surface area contributed by atoms with Gasteiger partial charge in [0.2, 0.25) is 11.6 Å². The van der Waals surface area contributed by atoms with E-state index in [9.17, 15) is 9.59 Å². The summed E-state index contributed by atoms with van der Waals surface area (Å²) in [5.41, 5.74) is 0.794. The van der Waals surface area contributed by atoms with E-state index in [1.54, 1.807) is 42.7 Å². The molecule has 0 unspecified atom stereocenters. The second-order valence-electron chi connectivity index (χ2n) is 4.53. The fourth-order valence-electron chi connectivity index (χ4n) is 1.83. The molecule has 23 heavy (non-hydrogen) atoms. The van der Waals surface area contributed by atoms with Gasteiger partial charge in [0.25, 0.3) is 0 Å². The van der Waals surface area contributed by atoms with Gasteiger partial charge in [-0.25, -0.2) is 14.8 Å². The fraction of sp³-hybridized carbons (Fsp3) is 0. The van der Waals surface area contributed by atoms with Crippen LogP contribution < -0.4 is 4.74 Å². The Kier molecular flexibility index (Phi) is 4.10. The molecule has 0 aliphatic rings. The first-order chi connectivity index (χ1) is 11.2. The SMILES string of the molecule is O=C(C=Cc1ccc(OC(=O)c2ncc[nH]2)cc1)c1ncc[nH]1. The Morgan fingerprint density at radius 2 is 1.61 bits per heavy atom. The minimum atomic E-state index is -0.564. The van der Waals surface area contributed by atoms with Crippen molar-refractivity contribution in [2.45, 2.75) is 0 Å². The van der Waals surface area contributed by atoms with Gasteiger partial charge in [-0.15, -0.1) is 0 Å². The smallest absolute Gasteiger partial charge is 0.379 e. The molecule has 0 atom stereocenters. The molecule has 0 saturated carbocycles. The van der Waals surface area contributed by atoms with E-state index in [1.807, 2.05) is 0 Å². The molecular weight excluding hydrogens is 296 g/mol. The molecule has 0 aliphatic carbocycles. The number of hydrogen-bond donors (Lipinski definition) is 2. The van der Waals surface area contributed by atoms with E-state index in [2.05, 4.69) is 19.9 Å². The zero-order valence-electron chi connectivity index (χ0n) is 11.9. The van der Waals surface area contributed by atoms with E-state index in [4.69, 9.17) is 4.74 Å². The summed E-state index contributed by atoms with van der Waals surface area (Å²) < 4.78 is 5.16. The molecule has 3 aromatic rings. The summed E-state index contributed by atoms with van der Waals surface area (Å²) in [6.07, 6.45) is 9.19. The van der Waals surface area contributed by atoms with Crippen LogP contribution in [0.15, 0.2) is 55.1 Å².